The Morgan fingerprint density at radius 1 is 1.29 bits per heavy atom. The molecule has 1 N–H and O–H groups in total. The first-order valence-electron chi connectivity index (χ1n) is 7.70. The van der Waals surface area contributed by atoms with Crippen LogP contribution in [0.4, 0.5) is 0 Å². The fraction of sp³-hybridized carbons (Fsp3) is 0.278. The van der Waals surface area contributed by atoms with Gasteiger partial charge in [0.2, 0.25) is 5.91 Å². The predicted molar refractivity (Wildman–Crippen MR) is 92.6 cm³/mol. The van der Waals surface area contributed by atoms with Gasteiger partial charge in [-0.3, -0.25) is 4.79 Å². The lowest BCUT2D eigenvalue weighted by Crippen LogP contribution is -2.12. The molecule has 0 radical (unpaired) electrons. The van der Waals surface area contributed by atoms with E-state index in [9.17, 15) is 9.59 Å². The van der Waals surface area contributed by atoms with Crippen LogP contribution < -0.4 is 5.43 Å². The number of hydrogen-bond acceptors (Lipinski definition) is 4. The van der Waals surface area contributed by atoms with Crippen LogP contribution in [0.5, 0.6) is 0 Å². The number of nitrogens with one attached hydrogen (secondary N) is 1. The Kier molecular flexibility index (Phi) is 5.52. The lowest BCUT2D eigenvalue weighted by molar-refractivity contribution is -0.118. The van der Waals surface area contributed by atoms with E-state index in [1.807, 2.05) is 36.6 Å². The molecule has 0 saturated heterocycles. The summed E-state index contributed by atoms with van der Waals surface area (Å²) >= 11 is 0. The summed E-state index contributed by atoms with van der Waals surface area (Å²) in [5.74, 6) is -0.559. The molecule has 1 amide bonds. The highest BCUT2D eigenvalue weighted by atomic mass is 16.5. The second kappa shape index (κ2) is 7.59. The molecule has 0 spiro atoms. The number of amides is 1. The molecule has 0 aliphatic carbocycles. The van der Waals surface area contributed by atoms with Crippen molar-refractivity contribution < 1.29 is 14.3 Å². The zero-order valence-corrected chi connectivity index (χ0v) is 14.3. The zero-order chi connectivity index (χ0) is 17.7. The van der Waals surface area contributed by atoms with Gasteiger partial charge < -0.3 is 9.30 Å². The second-order valence-corrected chi connectivity index (χ2v) is 5.36. The van der Waals surface area contributed by atoms with Gasteiger partial charge >= 0.3 is 5.97 Å². The van der Waals surface area contributed by atoms with E-state index in [0.29, 0.717) is 12.2 Å². The van der Waals surface area contributed by atoms with E-state index < -0.39 is 0 Å². The minimum Gasteiger partial charge on any atom is -0.462 e. The Bertz CT molecular complexity index is 791. The zero-order valence-electron chi connectivity index (χ0n) is 14.3. The molecule has 0 bridgehead atoms. The van der Waals surface area contributed by atoms with Crippen LogP contribution in [0.15, 0.2) is 35.4 Å². The van der Waals surface area contributed by atoms with Crippen LogP contribution >= 0.6 is 0 Å². The molecule has 6 nitrogen and oxygen atoms in total. The monoisotopic (exact) mass is 327 g/mol. The van der Waals surface area contributed by atoms with E-state index in [2.05, 4.69) is 10.5 Å². The normalized spacial score (nSPS) is 10.8. The first-order chi connectivity index (χ1) is 11.4. The molecule has 0 aliphatic rings. The van der Waals surface area contributed by atoms with Gasteiger partial charge in [-0.25, -0.2) is 10.2 Å². The van der Waals surface area contributed by atoms with Gasteiger partial charge in [0.15, 0.2) is 0 Å². The Labute approximate surface area is 141 Å². The molecule has 0 fully saturated rings. The maximum Gasteiger partial charge on any atom is 0.338 e. The highest BCUT2D eigenvalue weighted by Gasteiger charge is 2.12. The number of benzene rings is 1. The van der Waals surface area contributed by atoms with Gasteiger partial charge in [-0.05, 0) is 45.0 Å². The van der Waals surface area contributed by atoms with Gasteiger partial charge in [-0.2, -0.15) is 5.10 Å². The molecule has 2 aromatic rings. The van der Waals surface area contributed by atoms with Crippen molar-refractivity contribution in [3.63, 3.8) is 0 Å². The molecular formula is C18H21N3O3. The number of carbonyl (C=O) groups is 2. The number of hydrogen-bond donors (Lipinski definition) is 1. The third-order valence-electron chi connectivity index (χ3n) is 3.51. The van der Waals surface area contributed by atoms with Crippen LogP contribution in [0, 0.1) is 13.8 Å². The van der Waals surface area contributed by atoms with E-state index >= 15 is 0 Å². The molecule has 1 aromatic heterocycles. The van der Waals surface area contributed by atoms with E-state index in [1.165, 1.54) is 6.92 Å². The number of esters is 1. The third-order valence-corrected chi connectivity index (χ3v) is 3.51. The highest BCUT2D eigenvalue weighted by Crippen LogP contribution is 2.21. The summed E-state index contributed by atoms with van der Waals surface area (Å²) in [5, 5.41) is 3.91. The van der Waals surface area contributed by atoms with Crippen molar-refractivity contribution in [1.29, 1.82) is 0 Å². The largest absolute Gasteiger partial charge is 0.462 e. The van der Waals surface area contributed by atoms with E-state index in [4.69, 9.17) is 4.74 Å². The average Bonchev–Trinajstić information content (AvgIpc) is 2.81. The SMILES string of the molecule is CCOC(=O)c1cccc(-n2c(C)cc(/C=N\NC(C)=O)c2C)c1. The van der Waals surface area contributed by atoms with Gasteiger partial charge in [0, 0.05) is 29.6 Å². The highest BCUT2D eigenvalue weighted by molar-refractivity contribution is 5.90. The molecular weight excluding hydrogens is 306 g/mol. The van der Waals surface area contributed by atoms with Gasteiger partial charge in [-0.15, -0.1) is 0 Å². The molecule has 1 heterocycles. The van der Waals surface area contributed by atoms with Crippen molar-refractivity contribution in [2.45, 2.75) is 27.7 Å². The maximum absolute atomic E-state index is 11.9. The van der Waals surface area contributed by atoms with Crippen molar-refractivity contribution in [3.8, 4) is 5.69 Å². The van der Waals surface area contributed by atoms with Crippen LogP contribution in [0.25, 0.3) is 5.69 Å². The first kappa shape index (κ1) is 17.5. The summed E-state index contributed by atoms with van der Waals surface area (Å²) in [6, 6.07) is 9.25. The molecule has 24 heavy (non-hydrogen) atoms. The molecule has 6 heteroatoms. The standard InChI is InChI=1S/C18H21N3O3/c1-5-24-18(23)15-7-6-8-17(10-15)21-12(2)9-16(13(21)3)11-19-20-14(4)22/h6-11H,5H2,1-4H3,(H,20,22)/b19-11-. The molecule has 1 aromatic carbocycles. The average molecular weight is 327 g/mol. The lowest BCUT2D eigenvalue weighted by Gasteiger charge is -2.11. The third kappa shape index (κ3) is 3.90. The minimum atomic E-state index is -0.339. The number of carbonyl (C=O) groups excluding carboxylic acids is 2. The van der Waals surface area contributed by atoms with Crippen LogP contribution in [0.1, 0.15) is 41.2 Å². The van der Waals surface area contributed by atoms with Crippen molar-refractivity contribution in [3.05, 3.63) is 52.8 Å². The summed E-state index contributed by atoms with van der Waals surface area (Å²) in [6.07, 6.45) is 1.61. The minimum absolute atomic E-state index is 0.220. The Morgan fingerprint density at radius 2 is 2.04 bits per heavy atom. The van der Waals surface area contributed by atoms with Gasteiger partial charge in [-0.1, -0.05) is 6.07 Å². The molecule has 0 saturated carbocycles. The summed E-state index contributed by atoms with van der Waals surface area (Å²) in [5.41, 5.74) is 6.62. The number of nitrogens with zero attached hydrogens (tertiary/aromatic N) is 2. The Morgan fingerprint density at radius 3 is 2.71 bits per heavy atom. The second-order valence-electron chi connectivity index (χ2n) is 5.36. The van der Waals surface area contributed by atoms with Crippen molar-refractivity contribution in [1.82, 2.24) is 9.99 Å². The Hall–Kier alpha value is -2.89. The molecule has 0 atom stereocenters. The quantitative estimate of drug-likeness (QED) is 0.521. The van der Waals surface area contributed by atoms with E-state index in [0.717, 1.165) is 22.6 Å². The molecule has 126 valence electrons. The number of rotatable bonds is 5. The summed E-state index contributed by atoms with van der Waals surface area (Å²) < 4.78 is 7.08. The van der Waals surface area contributed by atoms with Crippen molar-refractivity contribution in [2.75, 3.05) is 6.61 Å². The number of ether oxygens (including phenoxy) is 1. The van der Waals surface area contributed by atoms with E-state index in [1.54, 1.807) is 25.3 Å². The maximum atomic E-state index is 11.9. The topological polar surface area (TPSA) is 72.7 Å². The van der Waals surface area contributed by atoms with Crippen LogP contribution in [0.3, 0.4) is 0 Å². The lowest BCUT2D eigenvalue weighted by atomic mass is 10.2. The smallest absolute Gasteiger partial charge is 0.338 e. The van der Waals surface area contributed by atoms with E-state index in [-0.39, 0.29) is 11.9 Å². The summed E-state index contributed by atoms with van der Waals surface area (Å²) in [6.45, 7) is 7.46. The van der Waals surface area contributed by atoms with Gasteiger partial charge in [0.05, 0.1) is 18.4 Å². The Balaban J connectivity index is 2.37. The first-order valence-corrected chi connectivity index (χ1v) is 7.70. The van der Waals surface area contributed by atoms with Crippen LogP contribution in [-0.2, 0) is 9.53 Å². The number of aryl methyl sites for hydroxylation is 1. The van der Waals surface area contributed by atoms with Crippen LogP contribution in [0.2, 0.25) is 0 Å². The van der Waals surface area contributed by atoms with Gasteiger partial charge in [0.1, 0.15) is 0 Å². The fourth-order valence-electron chi connectivity index (χ4n) is 2.49. The molecule has 0 unspecified atom stereocenters. The van der Waals surface area contributed by atoms with Crippen molar-refractivity contribution >= 4 is 18.1 Å². The predicted octanol–water partition coefficient (Wildman–Crippen LogP) is 2.74. The fourth-order valence-corrected chi connectivity index (χ4v) is 2.49. The molecule has 2 rings (SSSR count). The summed E-state index contributed by atoms with van der Waals surface area (Å²) in [4.78, 5) is 22.8. The number of hydrazone groups is 1. The van der Waals surface area contributed by atoms with Crippen LogP contribution in [-0.4, -0.2) is 29.3 Å². The number of aromatic nitrogens is 1. The van der Waals surface area contributed by atoms with Crippen molar-refractivity contribution in [2.24, 2.45) is 5.10 Å². The van der Waals surface area contributed by atoms with Gasteiger partial charge in [0.25, 0.3) is 0 Å². The molecule has 0 aliphatic heterocycles. The summed E-state index contributed by atoms with van der Waals surface area (Å²) in [7, 11) is 0.